The number of carboxylic acids is 1. The van der Waals surface area contributed by atoms with Crippen LogP contribution in [0, 0.1) is 0 Å². The minimum Gasteiger partial charge on any atom is -0.480 e. The molecule has 0 fully saturated rings. The number of ether oxygens (including phenoxy) is 1. The van der Waals surface area contributed by atoms with Gasteiger partial charge in [0.15, 0.2) is 0 Å². The van der Waals surface area contributed by atoms with Crippen molar-refractivity contribution in [3.63, 3.8) is 0 Å². The fourth-order valence-electron chi connectivity index (χ4n) is 1.66. The number of nitrogens with one attached hydrogen (secondary N) is 3. The van der Waals surface area contributed by atoms with Gasteiger partial charge in [-0.15, -0.1) is 0 Å². The molecule has 20 heavy (non-hydrogen) atoms. The molecule has 0 saturated heterocycles. The van der Waals surface area contributed by atoms with Crippen LogP contribution in [0.15, 0.2) is 12.5 Å². The van der Waals surface area contributed by atoms with Crippen molar-refractivity contribution in [1.29, 1.82) is 0 Å². The van der Waals surface area contributed by atoms with E-state index in [4.69, 9.17) is 9.84 Å². The Kier molecular flexibility index (Phi) is 6.51. The maximum Gasteiger partial charge on any atom is 0.326 e. The van der Waals surface area contributed by atoms with Crippen molar-refractivity contribution < 1.29 is 19.4 Å². The summed E-state index contributed by atoms with van der Waals surface area (Å²) in [6.45, 7) is 2.28. The van der Waals surface area contributed by atoms with Gasteiger partial charge in [0.25, 0.3) is 0 Å². The van der Waals surface area contributed by atoms with Crippen LogP contribution in [-0.2, 0) is 16.0 Å². The third-order valence-corrected chi connectivity index (χ3v) is 2.78. The number of carboxylic acid groups (broad SMARTS) is 1. The Bertz CT molecular complexity index is 421. The van der Waals surface area contributed by atoms with Crippen molar-refractivity contribution in [3.05, 3.63) is 18.2 Å². The van der Waals surface area contributed by atoms with Gasteiger partial charge < -0.3 is 25.5 Å². The first kappa shape index (κ1) is 16.0. The van der Waals surface area contributed by atoms with Crippen LogP contribution in [-0.4, -0.2) is 52.9 Å². The Hall–Kier alpha value is -2.09. The molecule has 0 aliphatic heterocycles. The summed E-state index contributed by atoms with van der Waals surface area (Å²) in [6.07, 6.45) is 3.82. The summed E-state index contributed by atoms with van der Waals surface area (Å²) < 4.78 is 4.96. The average molecular weight is 284 g/mol. The molecule has 0 aliphatic rings. The van der Waals surface area contributed by atoms with Crippen LogP contribution < -0.4 is 10.6 Å². The molecule has 4 N–H and O–H groups in total. The SMILES string of the molecule is CCC(COC)NC(=O)N[C@@H](Cc1cnc[nH]1)C(=O)O. The first-order valence-corrected chi connectivity index (χ1v) is 6.32. The zero-order valence-corrected chi connectivity index (χ0v) is 11.5. The Morgan fingerprint density at radius 1 is 1.50 bits per heavy atom. The van der Waals surface area contributed by atoms with Crippen LogP contribution >= 0.6 is 0 Å². The highest BCUT2D eigenvalue weighted by Gasteiger charge is 2.22. The molecule has 8 heteroatoms. The number of rotatable bonds is 8. The van der Waals surface area contributed by atoms with E-state index in [1.807, 2.05) is 6.92 Å². The van der Waals surface area contributed by atoms with Gasteiger partial charge in [0.1, 0.15) is 6.04 Å². The number of aromatic nitrogens is 2. The number of carbonyl (C=O) groups excluding carboxylic acids is 1. The van der Waals surface area contributed by atoms with Gasteiger partial charge >= 0.3 is 12.0 Å². The summed E-state index contributed by atoms with van der Waals surface area (Å²) in [5.41, 5.74) is 0.640. The van der Waals surface area contributed by atoms with Crippen molar-refractivity contribution in [2.75, 3.05) is 13.7 Å². The second kappa shape index (κ2) is 8.16. The quantitative estimate of drug-likeness (QED) is 0.541. The summed E-state index contributed by atoms with van der Waals surface area (Å²) in [5, 5.41) is 14.2. The molecule has 112 valence electrons. The zero-order chi connectivity index (χ0) is 15.0. The molecule has 2 amide bonds. The van der Waals surface area contributed by atoms with Crippen molar-refractivity contribution >= 4 is 12.0 Å². The van der Waals surface area contributed by atoms with Crippen molar-refractivity contribution in [2.24, 2.45) is 0 Å². The predicted octanol–water partition coefficient (Wildman–Crippen LogP) is 0.130. The lowest BCUT2D eigenvalue weighted by atomic mass is 10.1. The second-order valence-electron chi connectivity index (χ2n) is 4.35. The number of carbonyl (C=O) groups is 2. The number of hydrogen-bond donors (Lipinski definition) is 4. The first-order valence-electron chi connectivity index (χ1n) is 6.32. The number of methoxy groups -OCH3 is 1. The lowest BCUT2D eigenvalue weighted by Gasteiger charge is -2.19. The smallest absolute Gasteiger partial charge is 0.326 e. The Labute approximate surface area is 116 Å². The number of urea groups is 1. The van der Waals surface area contributed by atoms with Gasteiger partial charge in [0.2, 0.25) is 0 Å². The molecule has 2 atom stereocenters. The molecule has 1 heterocycles. The normalized spacial score (nSPS) is 13.5. The molecule has 1 unspecified atom stereocenters. The largest absolute Gasteiger partial charge is 0.480 e. The molecule has 0 spiro atoms. The first-order chi connectivity index (χ1) is 9.56. The van der Waals surface area contributed by atoms with E-state index in [9.17, 15) is 9.59 Å². The predicted molar refractivity (Wildman–Crippen MR) is 71.3 cm³/mol. The molecule has 0 aliphatic carbocycles. The van der Waals surface area contributed by atoms with Gasteiger partial charge in [-0.05, 0) is 6.42 Å². The van der Waals surface area contributed by atoms with Crippen molar-refractivity contribution in [3.8, 4) is 0 Å². The maximum atomic E-state index is 11.8. The summed E-state index contributed by atoms with van der Waals surface area (Å²) in [5.74, 6) is -1.10. The number of H-pyrrole nitrogens is 1. The van der Waals surface area contributed by atoms with Gasteiger partial charge in [-0.3, -0.25) is 0 Å². The molecule has 0 radical (unpaired) electrons. The van der Waals surface area contributed by atoms with Crippen LogP contribution in [0.1, 0.15) is 19.0 Å². The minimum atomic E-state index is -1.10. The van der Waals surface area contributed by atoms with Gasteiger partial charge in [-0.2, -0.15) is 0 Å². The van der Waals surface area contributed by atoms with E-state index in [-0.39, 0.29) is 12.5 Å². The summed E-state index contributed by atoms with van der Waals surface area (Å²) in [7, 11) is 1.54. The third kappa shape index (κ3) is 5.27. The van der Waals surface area contributed by atoms with Gasteiger partial charge in [0, 0.05) is 25.4 Å². The van der Waals surface area contributed by atoms with E-state index in [0.717, 1.165) is 0 Å². The number of aliphatic carboxylic acids is 1. The number of aromatic amines is 1. The topological polar surface area (TPSA) is 116 Å². The number of amides is 2. The molecular formula is C12H20N4O4. The molecule has 1 aromatic heterocycles. The summed E-state index contributed by atoms with van der Waals surface area (Å²) in [4.78, 5) is 29.5. The molecular weight excluding hydrogens is 264 g/mol. The fraction of sp³-hybridized carbons (Fsp3) is 0.583. The van der Waals surface area contributed by atoms with Crippen LogP contribution in [0.5, 0.6) is 0 Å². The molecule has 1 aromatic rings. The van der Waals surface area contributed by atoms with E-state index in [1.54, 1.807) is 7.11 Å². The van der Waals surface area contributed by atoms with E-state index in [0.29, 0.717) is 18.7 Å². The summed E-state index contributed by atoms with van der Waals surface area (Å²) >= 11 is 0. The average Bonchev–Trinajstić information content (AvgIpc) is 2.90. The monoisotopic (exact) mass is 284 g/mol. The third-order valence-electron chi connectivity index (χ3n) is 2.78. The van der Waals surface area contributed by atoms with Gasteiger partial charge in [-0.25, -0.2) is 14.6 Å². The van der Waals surface area contributed by atoms with E-state index >= 15 is 0 Å². The van der Waals surface area contributed by atoms with E-state index in [1.165, 1.54) is 12.5 Å². The summed E-state index contributed by atoms with van der Waals surface area (Å²) in [6, 6.07) is -1.70. The Morgan fingerprint density at radius 3 is 2.75 bits per heavy atom. The molecule has 0 saturated carbocycles. The van der Waals surface area contributed by atoms with Crippen LogP contribution in [0.25, 0.3) is 0 Å². The highest BCUT2D eigenvalue weighted by Crippen LogP contribution is 1.99. The maximum absolute atomic E-state index is 11.8. The van der Waals surface area contributed by atoms with Crippen molar-refractivity contribution in [1.82, 2.24) is 20.6 Å². The highest BCUT2D eigenvalue weighted by atomic mass is 16.5. The zero-order valence-electron chi connectivity index (χ0n) is 11.5. The van der Waals surface area contributed by atoms with Crippen LogP contribution in [0.4, 0.5) is 4.79 Å². The van der Waals surface area contributed by atoms with Crippen LogP contribution in [0.2, 0.25) is 0 Å². The number of hydrogen-bond acceptors (Lipinski definition) is 4. The molecule has 0 bridgehead atoms. The van der Waals surface area contributed by atoms with Crippen LogP contribution in [0.3, 0.4) is 0 Å². The molecule has 1 rings (SSSR count). The van der Waals surface area contributed by atoms with E-state index < -0.39 is 18.0 Å². The molecule has 8 nitrogen and oxygen atoms in total. The standard InChI is InChI=1S/C12H20N4O4/c1-3-8(6-20-2)15-12(19)16-10(11(17)18)4-9-5-13-7-14-9/h5,7-8,10H,3-4,6H2,1-2H3,(H,13,14)(H,17,18)(H2,15,16,19)/t8?,10-/m0/s1. The number of imidazole rings is 1. The van der Waals surface area contributed by atoms with Crippen molar-refractivity contribution in [2.45, 2.75) is 31.8 Å². The second-order valence-corrected chi connectivity index (χ2v) is 4.35. The lowest BCUT2D eigenvalue weighted by Crippen LogP contribution is -2.50. The van der Waals surface area contributed by atoms with E-state index in [2.05, 4.69) is 20.6 Å². The lowest BCUT2D eigenvalue weighted by molar-refractivity contribution is -0.139. The number of nitrogens with zero attached hydrogens (tertiary/aromatic N) is 1. The molecule has 0 aromatic carbocycles. The highest BCUT2D eigenvalue weighted by molar-refractivity contribution is 5.82. The Morgan fingerprint density at radius 2 is 2.25 bits per heavy atom. The van der Waals surface area contributed by atoms with Gasteiger partial charge in [-0.1, -0.05) is 6.92 Å². The van der Waals surface area contributed by atoms with Gasteiger partial charge in [0.05, 0.1) is 19.0 Å². The minimum absolute atomic E-state index is 0.143. The Balaban J connectivity index is 2.52. The fourth-order valence-corrected chi connectivity index (χ4v) is 1.66.